The Bertz CT molecular complexity index is 1410. The number of carbonyl (C=O) groups excluding carboxylic acids is 1. The van der Waals surface area contributed by atoms with Gasteiger partial charge in [-0.25, -0.2) is 4.79 Å². The molecule has 6 heteroatoms. The molecule has 0 spiro atoms. The molecule has 36 heavy (non-hydrogen) atoms. The van der Waals surface area contributed by atoms with Gasteiger partial charge in [0.25, 0.3) is 0 Å². The second-order valence-electron chi connectivity index (χ2n) is 9.64. The highest BCUT2D eigenvalue weighted by Crippen LogP contribution is 2.41. The van der Waals surface area contributed by atoms with Crippen LogP contribution in [0.25, 0.3) is 28.1 Å². The fourth-order valence-electron chi connectivity index (χ4n) is 5.19. The first-order valence-corrected chi connectivity index (χ1v) is 12.4. The fourth-order valence-corrected chi connectivity index (χ4v) is 5.19. The molecule has 1 aromatic heterocycles. The van der Waals surface area contributed by atoms with Crippen LogP contribution in [-0.4, -0.2) is 27.2 Å². The van der Waals surface area contributed by atoms with Crippen LogP contribution in [0.2, 0.25) is 0 Å². The van der Waals surface area contributed by atoms with Gasteiger partial charge in [-0.15, -0.1) is 0 Å². The first-order valence-electron chi connectivity index (χ1n) is 12.4. The SMILES string of the molecule is O=C(O)/C=C/c1cccc(NC(=O)C2(Cc3ccc(-c4ccc5[nH]ncc5c4)cc3)CCCCC2)c1. The molecule has 4 aromatic rings. The number of carboxylic acids is 1. The number of hydrogen-bond acceptors (Lipinski definition) is 3. The van der Waals surface area contributed by atoms with Crippen LogP contribution in [0.15, 0.2) is 79.0 Å². The lowest BCUT2D eigenvalue weighted by Crippen LogP contribution is -2.40. The van der Waals surface area contributed by atoms with Crippen LogP contribution in [0.4, 0.5) is 5.69 Å². The number of amides is 1. The van der Waals surface area contributed by atoms with Crippen LogP contribution in [0.1, 0.15) is 43.2 Å². The molecule has 1 aliphatic rings. The number of aromatic nitrogens is 2. The average Bonchev–Trinajstić information content (AvgIpc) is 3.37. The van der Waals surface area contributed by atoms with Crippen LogP contribution >= 0.6 is 0 Å². The van der Waals surface area contributed by atoms with Gasteiger partial charge in [0.05, 0.1) is 17.1 Å². The Hall–Kier alpha value is -4.19. The van der Waals surface area contributed by atoms with Crippen LogP contribution < -0.4 is 5.32 Å². The molecule has 1 amide bonds. The van der Waals surface area contributed by atoms with Gasteiger partial charge in [-0.2, -0.15) is 5.10 Å². The van der Waals surface area contributed by atoms with Gasteiger partial charge in [-0.3, -0.25) is 9.89 Å². The Morgan fingerprint density at radius 1 is 0.972 bits per heavy atom. The molecule has 182 valence electrons. The van der Waals surface area contributed by atoms with Gasteiger partial charge in [-0.05, 0) is 71.9 Å². The summed E-state index contributed by atoms with van der Waals surface area (Å²) in [4.78, 5) is 24.5. The Labute approximate surface area is 210 Å². The summed E-state index contributed by atoms with van der Waals surface area (Å²) in [5, 5.41) is 20.2. The van der Waals surface area contributed by atoms with Crippen LogP contribution in [0, 0.1) is 5.41 Å². The molecule has 1 saturated carbocycles. The van der Waals surface area contributed by atoms with Crippen molar-refractivity contribution in [1.82, 2.24) is 10.2 Å². The van der Waals surface area contributed by atoms with Gasteiger partial charge in [0, 0.05) is 17.1 Å². The predicted molar refractivity (Wildman–Crippen MR) is 142 cm³/mol. The zero-order valence-electron chi connectivity index (χ0n) is 20.0. The van der Waals surface area contributed by atoms with Gasteiger partial charge in [0.1, 0.15) is 0 Å². The molecule has 0 unspecified atom stereocenters. The van der Waals surface area contributed by atoms with Gasteiger partial charge in [-0.1, -0.05) is 61.7 Å². The van der Waals surface area contributed by atoms with Crippen molar-refractivity contribution >= 4 is 34.5 Å². The van der Waals surface area contributed by atoms with Crippen LogP contribution in [0.5, 0.6) is 0 Å². The third kappa shape index (κ3) is 5.23. The summed E-state index contributed by atoms with van der Waals surface area (Å²) in [5.74, 6) is -0.963. The lowest BCUT2D eigenvalue weighted by molar-refractivity contribution is -0.131. The molecule has 0 bridgehead atoms. The third-order valence-electron chi connectivity index (χ3n) is 7.13. The highest BCUT2D eigenvalue weighted by atomic mass is 16.4. The summed E-state index contributed by atoms with van der Waals surface area (Å²) < 4.78 is 0. The smallest absolute Gasteiger partial charge is 0.328 e. The second kappa shape index (κ2) is 10.2. The number of H-pyrrole nitrogens is 1. The Balaban J connectivity index is 1.34. The van der Waals surface area contributed by atoms with E-state index in [0.717, 1.165) is 71.3 Å². The maximum Gasteiger partial charge on any atom is 0.328 e. The van der Waals surface area contributed by atoms with Gasteiger partial charge in [0.2, 0.25) is 5.91 Å². The van der Waals surface area contributed by atoms with Crippen molar-refractivity contribution in [1.29, 1.82) is 0 Å². The maximum absolute atomic E-state index is 13.6. The zero-order chi connectivity index (χ0) is 25.0. The number of aromatic amines is 1. The predicted octanol–water partition coefficient (Wildman–Crippen LogP) is 6.46. The molecular formula is C30H29N3O3. The number of carbonyl (C=O) groups is 2. The number of hydrogen-bond donors (Lipinski definition) is 3. The van der Waals surface area contributed by atoms with Crippen molar-refractivity contribution < 1.29 is 14.7 Å². The van der Waals surface area contributed by atoms with E-state index in [1.807, 2.05) is 30.5 Å². The van der Waals surface area contributed by atoms with E-state index in [4.69, 9.17) is 5.11 Å². The Morgan fingerprint density at radius 3 is 2.53 bits per heavy atom. The third-order valence-corrected chi connectivity index (χ3v) is 7.13. The van der Waals surface area contributed by atoms with Crippen molar-refractivity contribution in [2.24, 2.45) is 5.41 Å². The van der Waals surface area contributed by atoms with Gasteiger partial charge < -0.3 is 10.4 Å². The van der Waals surface area contributed by atoms with Crippen molar-refractivity contribution in [2.45, 2.75) is 38.5 Å². The van der Waals surface area contributed by atoms with Crippen molar-refractivity contribution in [3.05, 3.63) is 90.1 Å². The van der Waals surface area contributed by atoms with Crippen molar-refractivity contribution in [3.8, 4) is 11.1 Å². The number of fused-ring (bicyclic) bond motifs is 1. The summed E-state index contributed by atoms with van der Waals surface area (Å²) >= 11 is 0. The molecule has 5 rings (SSSR count). The molecule has 0 radical (unpaired) electrons. The van der Waals surface area contributed by atoms with E-state index in [0.29, 0.717) is 12.1 Å². The molecule has 6 nitrogen and oxygen atoms in total. The van der Waals surface area contributed by atoms with Crippen LogP contribution in [-0.2, 0) is 16.0 Å². The van der Waals surface area contributed by atoms with Crippen molar-refractivity contribution in [2.75, 3.05) is 5.32 Å². The first kappa shape index (κ1) is 23.5. The normalized spacial score (nSPS) is 15.2. The number of carboxylic acid groups (broad SMARTS) is 1. The topological polar surface area (TPSA) is 95.1 Å². The minimum absolute atomic E-state index is 0.0380. The van der Waals surface area contributed by atoms with E-state index in [2.05, 4.69) is 51.9 Å². The number of anilines is 1. The van der Waals surface area contributed by atoms with E-state index in [1.54, 1.807) is 6.07 Å². The van der Waals surface area contributed by atoms with E-state index in [1.165, 1.54) is 6.08 Å². The Kier molecular flexibility index (Phi) is 6.67. The minimum Gasteiger partial charge on any atom is -0.478 e. The van der Waals surface area contributed by atoms with E-state index >= 15 is 0 Å². The number of rotatable bonds is 7. The largest absolute Gasteiger partial charge is 0.478 e. The molecule has 1 fully saturated rings. The summed E-state index contributed by atoms with van der Waals surface area (Å²) in [5.41, 5.74) is 5.40. The molecule has 1 heterocycles. The van der Waals surface area contributed by atoms with Crippen LogP contribution in [0.3, 0.4) is 0 Å². The van der Waals surface area contributed by atoms with E-state index in [-0.39, 0.29) is 5.91 Å². The average molecular weight is 480 g/mol. The second-order valence-corrected chi connectivity index (χ2v) is 9.64. The minimum atomic E-state index is -1.00. The van der Waals surface area contributed by atoms with Gasteiger partial charge in [0.15, 0.2) is 0 Å². The lowest BCUT2D eigenvalue weighted by Gasteiger charge is -2.36. The lowest BCUT2D eigenvalue weighted by atomic mass is 9.69. The Morgan fingerprint density at radius 2 is 1.75 bits per heavy atom. The summed E-state index contributed by atoms with van der Waals surface area (Å²) in [6, 6.07) is 22.1. The highest BCUT2D eigenvalue weighted by Gasteiger charge is 2.39. The first-order chi connectivity index (χ1) is 17.5. The monoisotopic (exact) mass is 479 g/mol. The fraction of sp³-hybridized carbons (Fsp3) is 0.233. The molecule has 3 N–H and O–H groups in total. The van der Waals surface area contributed by atoms with E-state index < -0.39 is 11.4 Å². The number of benzene rings is 3. The molecule has 3 aromatic carbocycles. The quantitative estimate of drug-likeness (QED) is 0.265. The molecule has 1 aliphatic carbocycles. The summed E-state index contributed by atoms with van der Waals surface area (Å²) in [6.07, 6.45) is 10.1. The molecule has 0 aliphatic heterocycles. The summed E-state index contributed by atoms with van der Waals surface area (Å²) in [7, 11) is 0. The van der Waals surface area contributed by atoms with Gasteiger partial charge >= 0.3 is 5.97 Å². The number of aliphatic carboxylic acids is 1. The molecule has 0 saturated heterocycles. The summed E-state index contributed by atoms with van der Waals surface area (Å²) in [6.45, 7) is 0. The standard InChI is InChI=1S/C30H29N3O3/c34-28(35)14-9-21-5-4-6-26(17-21)32-29(36)30(15-2-1-3-16-30)19-22-7-10-23(11-8-22)24-12-13-27-25(18-24)20-31-33-27/h4-14,17-18,20H,1-3,15-16,19H2,(H,31,33)(H,32,36)(H,34,35)/b14-9+. The maximum atomic E-state index is 13.6. The van der Waals surface area contributed by atoms with E-state index in [9.17, 15) is 9.59 Å². The molecule has 0 atom stereocenters. The number of nitrogens with one attached hydrogen (secondary N) is 2. The number of nitrogens with zero attached hydrogens (tertiary/aromatic N) is 1. The zero-order valence-corrected chi connectivity index (χ0v) is 20.0. The molecular weight excluding hydrogens is 450 g/mol. The van der Waals surface area contributed by atoms with Crippen molar-refractivity contribution in [3.63, 3.8) is 0 Å². The highest BCUT2D eigenvalue weighted by molar-refractivity contribution is 5.96.